The van der Waals surface area contributed by atoms with Crippen LogP contribution in [0.25, 0.3) is 0 Å². The van der Waals surface area contributed by atoms with E-state index in [2.05, 4.69) is 10.5 Å². The fraction of sp³-hybridized carbons (Fsp3) is 0.304. The minimum Gasteiger partial charge on any atom is -0.374 e. The summed E-state index contributed by atoms with van der Waals surface area (Å²) in [5.74, 6) is -2.79. The maximum atomic E-state index is 14.2. The van der Waals surface area contributed by atoms with Crippen molar-refractivity contribution in [1.82, 2.24) is 10.2 Å². The minimum atomic E-state index is -5.00. The first kappa shape index (κ1) is 27.2. The molecule has 2 unspecified atom stereocenters. The Bertz CT molecular complexity index is 1330. The van der Waals surface area contributed by atoms with Crippen LogP contribution >= 0.6 is 34.8 Å². The maximum absolute atomic E-state index is 14.2. The smallest absolute Gasteiger partial charge is 0.374 e. The predicted molar refractivity (Wildman–Crippen MR) is 126 cm³/mol. The molecule has 2 aromatic rings. The molecule has 7 nitrogen and oxygen atoms in total. The SMILES string of the molecule is CCN1C(=O)CC(NC(=O)c2ccc(C3=NOC(c4cc(Cl)c(F)c(Cl)c4)(C(F)(F)F)C3)cc2Cl)C1=O. The molecule has 0 aromatic heterocycles. The standard InChI is InChI=1S/C23H16Cl3F4N3O4/c1-2-33-18(34)8-16(21(33)36)31-20(35)12-4-3-10(5-13(12)24)17-9-22(37-32-17,23(28,29)30)11-6-14(25)19(27)15(26)7-11/h3-7,16H,2,8-9H2,1H3,(H,31,35). The molecule has 37 heavy (non-hydrogen) atoms. The van der Waals surface area contributed by atoms with Gasteiger partial charge in [0.15, 0.2) is 5.82 Å². The van der Waals surface area contributed by atoms with E-state index < -0.39 is 63.4 Å². The van der Waals surface area contributed by atoms with Gasteiger partial charge >= 0.3 is 6.18 Å². The highest BCUT2D eigenvalue weighted by atomic mass is 35.5. The molecule has 2 heterocycles. The number of rotatable bonds is 5. The second-order valence-electron chi connectivity index (χ2n) is 8.29. The third-order valence-electron chi connectivity index (χ3n) is 6.05. The topological polar surface area (TPSA) is 88.1 Å². The summed E-state index contributed by atoms with van der Waals surface area (Å²) in [6, 6.07) is 4.25. The Balaban J connectivity index is 1.57. The van der Waals surface area contributed by atoms with E-state index in [1.165, 1.54) is 18.2 Å². The molecule has 196 valence electrons. The van der Waals surface area contributed by atoms with Gasteiger partial charge in [0.25, 0.3) is 17.4 Å². The number of alkyl halides is 3. The Hall–Kier alpha value is -2.89. The van der Waals surface area contributed by atoms with E-state index in [0.29, 0.717) is 0 Å². The number of oxime groups is 1. The summed E-state index contributed by atoms with van der Waals surface area (Å²) in [5.41, 5.74) is -3.64. The highest BCUT2D eigenvalue weighted by Crippen LogP contribution is 2.50. The number of hydrogen-bond donors (Lipinski definition) is 1. The molecule has 2 atom stereocenters. The lowest BCUT2D eigenvalue weighted by Crippen LogP contribution is -2.42. The third-order valence-corrected chi connectivity index (χ3v) is 6.91. The van der Waals surface area contributed by atoms with Crippen molar-refractivity contribution in [3.05, 3.63) is 67.9 Å². The molecule has 1 fully saturated rings. The highest BCUT2D eigenvalue weighted by Gasteiger charge is 2.62. The number of nitrogens with one attached hydrogen (secondary N) is 1. The van der Waals surface area contributed by atoms with Gasteiger partial charge in [-0.05, 0) is 31.2 Å². The average Bonchev–Trinajstić information content (AvgIpc) is 3.39. The first-order valence-electron chi connectivity index (χ1n) is 10.7. The van der Waals surface area contributed by atoms with Gasteiger partial charge in [0.2, 0.25) is 5.91 Å². The lowest BCUT2D eigenvalue weighted by Gasteiger charge is -2.29. The number of nitrogens with zero attached hydrogens (tertiary/aromatic N) is 2. The van der Waals surface area contributed by atoms with Crippen LogP contribution < -0.4 is 5.32 Å². The monoisotopic (exact) mass is 579 g/mol. The third kappa shape index (κ3) is 4.75. The molecule has 1 saturated heterocycles. The van der Waals surface area contributed by atoms with Crippen molar-refractivity contribution in [2.75, 3.05) is 6.54 Å². The van der Waals surface area contributed by atoms with Crippen molar-refractivity contribution >= 4 is 58.2 Å². The van der Waals surface area contributed by atoms with Crippen molar-refractivity contribution in [3.8, 4) is 0 Å². The average molecular weight is 581 g/mol. The summed E-state index contributed by atoms with van der Waals surface area (Å²) in [6.45, 7) is 1.79. The number of carbonyl (C=O) groups excluding carboxylic acids is 3. The fourth-order valence-electron chi connectivity index (χ4n) is 4.09. The van der Waals surface area contributed by atoms with E-state index in [9.17, 15) is 31.9 Å². The van der Waals surface area contributed by atoms with Crippen LogP contribution in [0, 0.1) is 5.82 Å². The van der Waals surface area contributed by atoms with E-state index in [-0.39, 0.29) is 34.8 Å². The Labute approximate surface area is 222 Å². The molecule has 2 aliphatic heterocycles. The number of amides is 3. The Kier molecular flexibility index (Phi) is 7.17. The van der Waals surface area contributed by atoms with Crippen LogP contribution in [0.5, 0.6) is 0 Å². The quantitative estimate of drug-likeness (QED) is 0.298. The summed E-state index contributed by atoms with van der Waals surface area (Å²) < 4.78 is 56.4. The van der Waals surface area contributed by atoms with E-state index in [4.69, 9.17) is 39.6 Å². The first-order valence-corrected chi connectivity index (χ1v) is 11.8. The number of halogens is 7. The van der Waals surface area contributed by atoms with Crippen molar-refractivity contribution < 1.29 is 36.8 Å². The number of carbonyl (C=O) groups is 3. The molecule has 4 rings (SSSR count). The predicted octanol–water partition coefficient (Wildman–Crippen LogP) is 5.25. The van der Waals surface area contributed by atoms with Crippen LogP contribution in [-0.4, -0.2) is 47.1 Å². The minimum absolute atomic E-state index is 0.0701. The largest absolute Gasteiger partial charge is 0.435 e. The van der Waals surface area contributed by atoms with Gasteiger partial charge in [-0.1, -0.05) is 46.0 Å². The summed E-state index contributed by atoms with van der Waals surface area (Å²) in [5, 5.41) is 4.65. The number of likely N-dealkylation sites (N-methyl/N-ethyl adjacent to an activating group) is 1. The molecule has 0 spiro atoms. The molecular weight excluding hydrogens is 565 g/mol. The maximum Gasteiger partial charge on any atom is 0.435 e. The molecule has 14 heteroatoms. The van der Waals surface area contributed by atoms with Crippen LogP contribution in [0.4, 0.5) is 17.6 Å². The van der Waals surface area contributed by atoms with Crippen LogP contribution in [0.2, 0.25) is 15.1 Å². The van der Waals surface area contributed by atoms with Gasteiger partial charge in [-0.3, -0.25) is 19.3 Å². The molecule has 2 aromatic carbocycles. The van der Waals surface area contributed by atoms with E-state index >= 15 is 0 Å². The molecule has 0 saturated carbocycles. The first-order chi connectivity index (χ1) is 17.3. The van der Waals surface area contributed by atoms with Gasteiger partial charge in [0, 0.05) is 24.1 Å². The Morgan fingerprint density at radius 1 is 1.16 bits per heavy atom. The van der Waals surface area contributed by atoms with E-state index in [0.717, 1.165) is 17.0 Å². The number of hydrogen-bond acceptors (Lipinski definition) is 5. The second kappa shape index (κ2) is 9.77. The van der Waals surface area contributed by atoms with Crippen molar-refractivity contribution in [1.29, 1.82) is 0 Å². The van der Waals surface area contributed by atoms with Gasteiger partial charge in [0.05, 0.1) is 32.8 Å². The Morgan fingerprint density at radius 2 is 1.81 bits per heavy atom. The van der Waals surface area contributed by atoms with Gasteiger partial charge < -0.3 is 10.2 Å². The fourth-order valence-corrected chi connectivity index (χ4v) is 4.84. The number of likely N-dealkylation sites (tertiary alicyclic amines) is 1. The molecule has 0 aliphatic carbocycles. The summed E-state index contributed by atoms with van der Waals surface area (Å²) in [4.78, 5) is 42.7. The lowest BCUT2D eigenvalue weighted by molar-refractivity contribution is -0.275. The number of imide groups is 1. The van der Waals surface area contributed by atoms with Crippen LogP contribution in [0.1, 0.15) is 41.3 Å². The summed E-state index contributed by atoms with van der Waals surface area (Å²) in [7, 11) is 0. The van der Waals surface area contributed by atoms with Crippen molar-refractivity contribution in [2.45, 2.75) is 37.6 Å². The molecule has 0 bridgehead atoms. The van der Waals surface area contributed by atoms with Gasteiger partial charge in [0.1, 0.15) is 6.04 Å². The van der Waals surface area contributed by atoms with Gasteiger partial charge in [-0.25, -0.2) is 4.39 Å². The zero-order chi connectivity index (χ0) is 27.3. The van der Waals surface area contributed by atoms with Crippen molar-refractivity contribution in [3.63, 3.8) is 0 Å². The summed E-state index contributed by atoms with van der Waals surface area (Å²) >= 11 is 17.6. The molecule has 0 radical (unpaired) electrons. The number of benzene rings is 2. The molecular formula is C23H16Cl3F4N3O4. The molecule has 3 amide bonds. The van der Waals surface area contributed by atoms with Crippen LogP contribution in [0.3, 0.4) is 0 Å². The Morgan fingerprint density at radius 3 is 2.35 bits per heavy atom. The zero-order valence-corrected chi connectivity index (χ0v) is 21.0. The molecule has 2 aliphatic rings. The second-order valence-corrected chi connectivity index (χ2v) is 9.51. The van der Waals surface area contributed by atoms with Gasteiger partial charge in [-0.2, -0.15) is 13.2 Å². The zero-order valence-electron chi connectivity index (χ0n) is 18.8. The van der Waals surface area contributed by atoms with Crippen LogP contribution in [0.15, 0.2) is 35.5 Å². The van der Waals surface area contributed by atoms with Crippen LogP contribution in [-0.2, 0) is 20.0 Å². The van der Waals surface area contributed by atoms with Crippen molar-refractivity contribution in [2.24, 2.45) is 5.16 Å². The summed E-state index contributed by atoms with van der Waals surface area (Å²) in [6.07, 6.45) is -6.01. The highest BCUT2D eigenvalue weighted by molar-refractivity contribution is 6.35. The van der Waals surface area contributed by atoms with E-state index in [1.807, 2.05) is 0 Å². The normalized spacial score (nSPS) is 21.8. The van der Waals surface area contributed by atoms with E-state index in [1.54, 1.807) is 6.92 Å². The van der Waals surface area contributed by atoms with Gasteiger partial charge in [-0.15, -0.1) is 0 Å². The molecule has 1 N–H and O–H groups in total. The lowest BCUT2D eigenvalue weighted by atomic mass is 9.86.